The normalized spacial score (nSPS) is 31.0. The third-order valence-corrected chi connectivity index (χ3v) is 26.8. The molecule has 10 heterocycles. The van der Waals surface area contributed by atoms with Crippen molar-refractivity contribution in [1.29, 1.82) is 0 Å². The molecule has 662 valence electrons. The number of phenols is 2. The van der Waals surface area contributed by atoms with Gasteiger partial charge >= 0.3 is 17.5 Å². The number of aromatic hydroxyl groups is 2. The maximum atomic E-state index is 14.8. The Morgan fingerprint density at radius 2 is 0.863 bits per heavy atom. The number of benzene rings is 6. The number of anilines is 4. The molecule has 6 aromatic carbocycles. The molecule has 2 fully saturated rings. The maximum Gasteiger partial charge on any atom is 0.307 e. The van der Waals surface area contributed by atoms with Gasteiger partial charge in [0.25, 0.3) is 11.8 Å². The van der Waals surface area contributed by atoms with Crippen LogP contribution in [0.1, 0.15) is 154 Å². The van der Waals surface area contributed by atoms with Gasteiger partial charge in [-0.2, -0.15) is 0 Å². The molecule has 8 aliphatic rings. The summed E-state index contributed by atoms with van der Waals surface area (Å²) in [6.07, 6.45) is 14.5. The summed E-state index contributed by atoms with van der Waals surface area (Å²) in [5, 5.41) is 109. The van der Waals surface area contributed by atoms with Crippen molar-refractivity contribution in [2.45, 2.75) is 205 Å². The average molecular weight is 1710 g/mol. The first-order valence-electron chi connectivity index (χ1n) is 42.7. The van der Waals surface area contributed by atoms with E-state index in [9.17, 15) is 79.5 Å². The highest BCUT2D eigenvalue weighted by molar-refractivity contribution is 6.18. The predicted molar refractivity (Wildman–Crippen MR) is 474 cm³/mol. The zero-order valence-electron chi connectivity index (χ0n) is 73.3. The van der Waals surface area contributed by atoms with Crippen LogP contribution in [0.4, 0.5) is 22.7 Å². The summed E-state index contributed by atoms with van der Waals surface area (Å²) in [5.74, 6) is -12.1. The number of carbonyl (C=O) groups is 3. The van der Waals surface area contributed by atoms with Crippen LogP contribution >= 0.6 is 0 Å². The molecule has 10 bridgehead atoms. The molecular weight excluding hydrogens is 1590 g/mol. The maximum absolute atomic E-state index is 14.8. The third-order valence-electron chi connectivity index (χ3n) is 26.8. The Kier molecular flexibility index (Phi) is 25.7. The number of carbonyl (C=O) groups excluding carboxylic acids is 3. The molecule has 29 heteroatoms. The molecule has 11 N–H and O–H groups in total. The lowest BCUT2D eigenvalue weighted by atomic mass is 9.77. The average Bonchev–Trinajstić information content (AvgIpc) is 1.40. The number of hydrogen-bond donors (Lipinski definition) is 11. The van der Waals surface area contributed by atoms with Crippen molar-refractivity contribution in [3.8, 4) is 23.0 Å². The summed E-state index contributed by atoms with van der Waals surface area (Å²) in [5.41, 5.74) is -2.19. The molecule has 2 amide bonds. The topological polar surface area (TPSA) is 430 Å². The number of piperidine rings is 2. The highest BCUT2D eigenvalue weighted by atomic mass is 16.7. The smallest absolute Gasteiger partial charge is 0.307 e. The van der Waals surface area contributed by atoms with Crippen LogP contribution in [0.3, 0.4) is 0 Å². The first kappa shape index (κ1) is 90.4. The van der Waals surface area contributed by atoms with E-state index in [4.69, 9.17) is 42.5 Å². The van der Waals surface area contributed by atoms with Gasteiger partial charge in [0.2, 0.25) is 21.7 Å². The van der Waals surface area contributed by atoms with Gasteiger partial charge in [0.1, 0.15) is 51.5 Å². The quantitative estimate of drug-likeness (QED) is 0.0444. The molecule has 2 saturated heterocycles. The summed E-state index contributed by atoms with van der Waals surface area (Å²) < 4.78 is 43.4. The van der Waals surface area contributed by atoms with E-state index in [1.807, 2.05) is 27.7 Å². The number of rotatable bonds is 3. The van der Waals surface area contributed by atoms with Crippen LogP contribution in [-0.4, -0.2) is 148 Å². The van der Waals surface area contributed by atoms with Crippen LogP contribution in [-0.2, 0) is 28.6 Å². The highest BCUT2D eigenvalue weighted by Crippen LogP contribution is 2.46. The van der Waals surface area contributed by atoms with Gasteiger partial charge < -0.3 is 98.9 Å². The Morgan fingerprint density at radius 3 is 1.28 bits per heavy atom. The second-order valence-corrected chi connectivity index (χ2v) is 35.5. The number of nitrogens with one attached hydrogen (secondary N) is 2. The van der Waals surface area contributed by atoms with E-state index in [2.05, 4.69) is 27.4 Å². The van der Waals surface area contributed by atoms with Crippen LogP contribution < -0.4 is 62.1 Å². The van der Waals surface area contributed by atoms with Crippen molar-refractivity contribution in [2.24, 2.45) is 65.1 Å². The molecule has 0 spiro atoms. The van der Waals surface area contributed by atoms with E-state index >= 15 is 0 Å². The van der Waals surface area contributed by atoms with Crippen molar-refractivity contribution < 1.29 is 92.9 Å². The summed E-state index contributed by atoms with van der Waals surface area (Å²) in [7, 11) is 0. The number of nitrogens with zero attached hydrogens (tertiary/aromatic N) is 4. The fraction of sp³-hybridized carbons (Fsp3) is 0.484. The number of phenolic OH excluding ortho intramolecular Hbond substituents is 2. The molecule has 8 aromatic rings. The molecule has 8 aliphatic heterocycles. The Morgan fingerprint density at radius 1 is 0.476 bits per heavy atom. The van der Waals surface area contributed by atoms with Crippen molar-refractivity contribution in [3.05, 3.63) is 159 Å². The van der Waals surface area contributed by atoms with Crippen LogP contribution in [0.25, 0.3) is 77.5 Å². The number of aliphatic hydroxyl groups is 7. The minimum atomic E-state index is -1.92. The Bertz CT molecular complexity index is 6190. The fourth-order valence-corrected chi connectivity index (χ4v) is 17.9. The number of esters is 1. The largest absolute Gasteiger partial charge is 0.507 e. The molecule has 124 heavy (non-hydrogen) atoms. The van der Waals surface area contributed by atoms with Crippen LogP contribution in [0.15, 0.2) is 125 Å². The van der Waals surface area contributed by atoms with Gasteiger partial charge in [-0.25, -0.2) is 9.97 Å². The lowest BCUT2D eigenvalue weighted by Crippen LogP contribution is -2.45. The Labute approximate surface area is 716 Å². The van der Waals surface area contributed by atoms with E-state index in [1.165, 1.54) is 85.3 Å². The van der Waals surface area contributed by atoms with Gasteiger partial charge in [0.15, 0.2) is 44.9 Å². The van der Waals surface area contributed by atoms with Gasteiger partial charge in [-0.3, -0.25) is 33.6 Å². The Hall–Kier alpha value is -11.4. The van der Waals surface area contributed by atoms with Crippen molar-refractivity contribution in [2.75, 3.05) is 46.6 Å². The fourth-order valence-electron chi connectivity index (χ4n) is 17.9. The standard InChI is InChI=1S/C48H57N3O12.C47H57N3O11/c1-22-16-19-60-48(9)46(58)35-33-34(41(56)28(7)44(35)63-48)42(57)38(45-37(33)49-36-31(53)20-30(21-32(36)62-45)51-17-11-10-12-18-51)50-47(59)24(3)15-13-14-23(2)39(54)26(5)40(55)27(6)43(25(22)4)61-29(8)52;1-21-13-16-50(17-14-21)29-19-30(51)35-31(20-29)60-44-36(48-35)32-33-41(55)28(8)43-34(32)45(57)47(9,61-43)59-18-15-22(2)25(5)39(53)27(7)40(54)26(6)38(52)23(3)11-10-12-24(4)46(58)49-37(44)42(33)56/h13-16,19-23,25-27,39-40,43,54-56,58H,10-12,17-18H2,1-9H3,(H,50,59);10-12,15,18-23,25-27,38-40,52-55,57H,13-14,16-17H2,1-9H3,(H,49,58)/b14-13+,19-16+,24-15-;11-10+,18-15+,24-12-/t22-,23-,25+,26+,27+,39-,40+,43+,48-;22-,23-,25+,26+,27-,38-,39+,40+,47-/m00/s1. The van der Waals surface area contributed by atoms with E-state index in [1.54, 1.807) is 90.1 Å². The third kappa shape index (κ3) is 16.6. The minimum Gasteiger partial charge on any atom is -0.507 e. The first-order valence-corrected chi connectivity index (χ1v) is 42.7. The lowest BCUT2D eigenvalue weighted by Gasteiger charge is -2.37. The molecule has 18 atom stereocenters. The van der Waals surface area contributed by atoms with Crippen LogP contribution in [0.5, 0.6) is 23.0 Å². The van der Waals surface area contributed by atoms with Crippen molar-refractivity contribution >= 4 is 118 Å². The number of fused-ring (bicyclic) bond motifs is 28. The number of hydrogen-bond acceptors (Lipinski definition) is 27. The highest BCUT2D eigenvalue weighted by Gasteiger charge is 2.47. The second-order valence-electron chi connectivity index (χ2n) is 35.5. The van der Waals surface area contributed by atoms with Gasteiger partial charge in [0.05, 0.1) is 64.3 Å². The SMILES string of the molecule is C/C1=C/C=C/[C@H](C)[C@H](O)[C@@H](C)[C@@H](O)[C@@H](C)[C@H](O)[C@H](C)[C@@H](C)/C=C/O[C@@]2(C)Oc3c(C)c(O)c4c(=O)c(c5oc6cc(N7CCC(C)CC7)cc(=O)c6nc5c4c3=C2O)NC1=O.CC(=O)O[C@H]1[C@H](C)[C@H](O)[C@H](C)[C@@H](O)[C@@H](C)/C=C/C=C(/C)C(=O)Nc2c(=O)c3c(O)c(C)c4c(c3c3nc5c(=O)cc(N6CCCCC6)cc5oc23)=C(O)[C@@](C)(O/C=C/[C@H](C)[C@H]1C)O4. The molecular formula is C95H114N6O23. The minimum absolute atomic E-state index is 0.00363. The molecule has 2 aromatic heterocycles. The van der Waals surface area contributed by atoms with E-state index in [0.717, 1.165) is 58.3 Å². The lowest BCUT2D eigenvalue weighted by molar-refractivity contribution is -0.158. The summed E-state index contributed by atoms with van der Waals surface area (Å²) in [6, 6.07) is 6.34. The summed E-state index contributed by atoms with van der Waals surface area (Å²) in [4.78, 5) is 111. The van der Waals surface area contributed by atoms with Gasteiger partial charge in [-0.15, -0.1) is 0 Å². The zero-order chi connectivity index (χ0) is 90.2. The van der Waals surface area contributed by atoms with E-state index in [-0.39, 0.29) is 139 Å². The van der Waals surface area contributed by atoms with E-state index in [0.29, 0.717) is 17.3 Å². The van der Waals surface area contributed by atoms with Gasteiger partial charge in [-0.1, -0.05) is 113 Å². The number of aromatic nitrogens is 2. The van der Waals surface area contributed by atoms with Crippen LogP contribution in [0, 0.1) is 78.9 Å². The number of allylic oxidation sites excluding steroid dienone is 6. The number of ether oxygens (including phenoxy) is 5. The molecule has 0 radical (unpaired) electrons. The first-order chi connectivity index (χ1) is 58.5. The summed E-state index contributed by atoms with van der Waals surface area (Å²) >= 11 is 0. The number of aliphatic hydroxyl groups excluding tert-OH is 7. The molecule has 0 unspecified atom stereocenters. The predicted octanol–water partition coefficient (Wildman–Crippen LogP) is 12.0. The monoisotopic (exact) mass is 1710 g/mol. The second kappa shape index (κ2) is 35.3. The van der Waals surface area contributed by atoms with Gasteiger partial charge in [0, 0.05) is 151 Å². The number of amides is 2. The molecule has 29 nitrogen and oxygen atoms in total. The zero-order valence-corrected chi connectivity index (χ0v) is 73.3. The molecule has 0 saturated carbocycles. The van der Waals surface area contributed by atoms with Gasteiger partial charge in [-0.05, 0) is 102 Å². The van der Waals surface area contributed by atoms with Crippen LogP contribution in [0.2, 0.25) is 0 Å². The molecule has 16 rings (SSSR count). The molecule has 0 aliphatic carbocycles. The van der Waals surface area contributed by atoms with Crippen molar-refractivity contribution in [1.82, 2.24) is 9.97 Å². The van der Waals surface area contributed by atoms with E-state index < -0.39 is 152 Å². The summed E-state index contributed by atoms with van der Waals surface area (Å²) in [6.45, 7) is 33.3. The van der Waals surface area contributed by atoms with Crippen molar-refractivity contribution in [3.63, 3.8) is 0 Å². The Balaban J connectivity index is 0.000000213.